The van der Waals surface area contributed by atoms with Gasteiger partial charge in [-0.3, -0.25) is 4.79 Å². The van der Waals surface area contributed by atoms with Crippen LogP contribution in [0.3, 0.4) is 0 Å². The topological polar surface area (TPSA) is 80.0 Å². The number of aromatic nitrogens is 1. The lowest BCUT2D eigenvalue weighted by Gasteiger charge is -2.32. The summed E-state index contributed by atoms with van der Waals surface area (Å²) in [6.45, 7) is 10.0. The number of hydrogen-bond acceptors (Lipinski definition) is 7. The Hall–Kier alpha value is -2.84. The predicted octanol–water partition coefficient (Wildman–Crippen LogP) is 3.81. The standard InChI is InChI=1S/C24H28BNO6/c1-16(27)28-12-10-17-8-6-7-9-21(17)30-15-18-14-19(22-20(26-18)11-13-29-22)25-31-23(2,3)24(4,5)32-25/h6-9,11,13-14H,10,12,15H2,1-5H3. The second kappa shape index (κ2) is 8.60. The molecule has 1 aliphatic rings. The van der Waals surface area contributed by atoms with Crippen molar-refractivity contribution in [3.8, 4) is 5.75 Å². The Morgan fingerprint density at radius 3 is 2.53 bits per heavy atom. The van der Waals surface area contributed by atoms with E-state index in [1.165, 1.54) is 6.92 Å². The number of hydrogen-bond donors (Lipinski definition) is 0. The minimum atomic E-state index is -0.564. The summed E-state index contributed by atoms with van der Waals surface area (Å²) in [6.07, 6.45) is 2.19. The highest BCUT2D eigenvalue weighted by molar-refractivity contribution is 6.64. The molecule has 7 nitrogen and oxygen atoms in total. The molecule has 0 bridgehead atoms. The van der Waals surface area contributed by atoms with Crippen LogP contribution in [-0.4, -0.2) is 35.9 Å². The van der Waals surface area contributed by atoms with E-state index in [0.717, 1.165) is 28.0 Å². The van der Waals surface area contributed by atoms with Crippen molar-refractivity contribution < 1.29 is 28.0 Å². The van der Waals surface area contributed by atoms with Gasteiger partial charge in [-0.25, -0.2) is 4.98 Å². The van der Waals surface area contributed by atoms with Crippen molar-refractivity contribution in [2.75, 3.05) is 6.61 Å². The molecule has 0 amide bonds. The van der Waals surface area contributed by atoms with Crippen molar-refractivity contribution in [3.05, 3.63) is 53.9 Å². The molecule has 2 aromatic heterocycles. The highest BCUT2D eigenvalue weighted by Crippen LogP contribution is 2.37. The quantitative estimate of drug-likeness (QED) is 0.411. The molecule has 1 saturated heterocycles. The summed E-state index contributed by atoms with van der Waals surface area (Å²) in [5, 5.41) is 0. The van der Waals surface area contributed by atoms with Crippen molar-refractivity contribution in [2.24, 2.45) is 0 Å². The van der Waals surface area contributed by atoms with Crippen LogP contribution in [0.5, 0.6) is 5.75 Å². The van der Waals surface area contributed by atoms with Gasteiger partial charge in [0, 0.05) is 24.9 Å². The van der Waals surface area contributed by atoms with Gasteiger partial charge in [-0.05, 0) is 45.4 Å². The van der Waals surface area contributed by atoms with Gasteiger partial charge in [-0.15, -0.1) is 0 Å². The van der Waals surface area contributed by atoms with Gasteiger partial charge in [0.25, 0.3) is 0 Å². The molecule has 8 heteroatoms. The first-order chi connectivity index (χ1) is 15.2. The molecule has 1 fully saturated rings. The number of nitrogens with zero attached hydrogens (tertiary/aromatic N) is 1. The van der Waals surface area contributed by atoms with Crippen LogP contribution in [0, 0.1) is 0 Å². The molecule has 1 aromatic carbocycles. The van der Waals surface area contributed by atoms with Gasteiger partial charge < -0.3 is 23.2 Å². The molecule has 0 spiro atoms. The third kappa shape index (κ3) is 4.52. The number of carbonyl (C=O) groups is 1. The fraction of sp³-hybridized carbons (Fsp3) is 0.417. The van der Waals surface area contributed by atoms with E-state index >= 15 is 0 Å². The Balaban J connectivity index is 1.55. The molecule has 168 valence electrons. The normalized spacial score (nSPS) is 17.0. The minimum Gasteiger partial charge on any atom is -0.487 e. The molecule has 3 heterocycles. The van der Waals surface area contributed by atoms with E-state index in [1.807, 2.05) is 64.1 Å². The number of fused-ring (bicyclic) bond motifs is 1. The second-order valence-corrected chi connectivity index (χ2v) is 8.91. The zero-order valence-corrected chi connectivity index (χ0v) is 19.1. The monoisotopic (exact) mass is 437 g/mol. The zero-order chi connectivity index (χ0) is 22.9. The second-order valence-electron chi connectivity index (χ2n) is 8.91. The summed E-state index contributed by atoms with van der Waals surface area (Å²) < 4.78 is 29.3. The van der Waals surface area contributed by atoms with Gasteiger partial charge in [0.2, 0.25) is 0 Å². The molecule has 0 radical (unpaired) electrons. The van der Waals surface area contributed by atoms with Crippen LogP contribution in [-0.2, 0) is 31.9 Å². The number of furan rings is 1. The fourth-order valence-electron chi connectivity index (χ4n) is 3.57. The number of esters is 1. The molecular weight excluding hydrogens is 409 g/mol. The Labute approximate surface area is 188 Å². The van der Waals surface area contributed by atoms with E-state index in [4.69, 9.17) is 23.2 Å². The lowest BCUT2D eigenvalue weighted by molar-refractivity contribution is -0.140. The van der Waals surface area contributed by atoms with Gasteiger partial charge in [-0.1, -0.05) is 18.2 Å². The number of para-hydroxylation sites is 1. The van der Waals surface area contributed by atoms with Gasteiger partial charge in [0.15, 0.2) is 5.58 Å². The first-order valence-corrected chi connectivity index (χ1v) is 10.7. The molecule has 1 aliphatic heterocycles. The Bertz CT molecular complexity index is 1110. The highest BCUT2D eigenvalue weighted by Gasteiger charge is 2.52. The van der Waals surface area contributed by atoms with Crippen LogP contribution in [0.15, 0.2) is 47.1 Å². The maximum atomic E-state index is 11.0. The fourth-order valence-corrected chi connectivity index (χ4v) is 3.57. The van der Waals surface area contributed by atoms with Crippen molar-refractivity contribution in [1.82, 2.24) is 4.98 Å². The molecule has 3 aromatic rings. The Morgan fingerprint density at radius 2 is 1.81 bits per heavy atom. The largest absolute Gasteiger partial charge is 0.498 e. The van der Waals surface area contributed by atoms with Crippen LogP contribution in [0.25, 0.3) is 11.1 Å². The van der Waals surface area contributed by atoms with Crippen LogP contribution >= 0.6 is 0 Å². The number of carbonyl (C=O) groups excluding carboxylic acids is 1. The van der Waals surface area contributed by atoms with E-state index < -0.39 is 18.3 Å². The van der Waals surface area contributed by atoms with Crippen molar-refractivity contribution in [2.45, 2.75) is 58.8 Å². The van der Waals surface area contributed by atoms with Gasteiger partial charge >= 0.3 is 13.1 Å². The van der Waals surface area contributed by atoms with Crippen LogP contribution in [0.2, 0.25) is 0 Å². The Kier molecular flexibility index (Phi) is 6.01. The third-order valence-electron chi connectivity index (χ3n) is 6.02. The summed E-state index contributed by atoms with van der Waals surface area (Å²) in [7, 11) is -0.564. The number of rotatable bonds is 7. The molecule has 4 rings (SSSR count). The van der Waals surface area contributed by atoms with Gasteiger partial charge in [0.1, 0.15) is 17.9 Å². The molecule has 0 saturated carbocycles. The smallest absolute Gasteiger partial charge is 0.487 e. The first kappa shape index (κ1) is 22.4. The molecule has 0 N–H and O–H groups in total. The van der Waals surface area contributed by atoms with E-state index in [9.17, 15) is 4.79 Å². The summed E-state index contributed by atoms with van der Waals surface area (Å²) in [4.78, 5) is 15.7. The molecule has 0 aliphatic carbocycles. The minimum absolute atomic E-state index is 0.262. The van der Waals surface area contributed by atoms with Crippen LogP contribution < -0.4 is 10.2 Å². The number of benzene rings is 1. The van der Waals surface area contributed by atoms with Crippen molar-refractivity contribution in [3.63, 3.8) is 0 Å². The van der Waals surface area contributed by atoms with E-state index in [-0.39, 0.29) is 12.6 Å². The lowest BCUT2D eigenvalue weighted by Crippen LogP contribution is -2.41. The summed E-state index contributed by atoms with van der Waals surface area (Å²) in [5.74, 6) is 0.433. The van der Waals surface area contributed by atoms with Crippen molar-refractivity contribution in [1.29, 1.82) is 0 Å². The average Bonchev–Trinajstić information content (AvgIpc) is 3.27. The lowest BCUT2D eigenvalue weighted by atomic mass is 9.78. The molecular formula is C24H28BNO6. The summed E-state index contributed by atoms with van der Waals surface area (Å²) in [6, 6.07) is 11.4. The SMILES string of the molecule is CC(=O)OCCc1ccccc1OCc1cc(B2OC(C)(C)C(C)(C)O2)c2occc2n1. The van der Waals surface area contributed by atoms with E-state index in [0.29, 0.717) is 18.6 Å². The Morgan fingerprint density at radius 1 is 1.09 bits per heavy atom. The highest BCUT2D eigenvalue weighted by atomic mass is 16.7. The summed E-state index contributed by atoms with van der Waals surface area (Å²) >= 11 is 0. The average molecular weight is 437 g/mol. The predicted molar refractivity (Wildman–Crippen MR) is 121 cm³/mol. The maximum Gasteiger partial charge on any atom is 0.498 e. The molecule has 0 atom stereocenters. The van der Waals surface area contributed by atoms with Crippen LogP contribution in [0.4, 0.5) is 0 Å². The van der Waals surface area contributed by atoms with E-state index in [2.05, 4.69) is 4.98 Å². The number of pyridine rings is 1. The van der Waals surface area contributed by atoms with Gasteiger partial charge in [0.05, 0.1) is 29.8 Å². The third-order valence-corrected chi connectivity index (χ3v) is 6.02. The molecule has 32 heavy (non-hydrogen) atoms. The molecule has 0 unspecified atom stereocenters. The maximum absolute atomic E-state index is 11.0. The van der Waals surface area contributed by atoms with Gasteiger partial charge in [-0.2, -0.15) is 0 Å². The van der Waals surface area contributed by atoms with E-state index in [1.54, 1.807) is 6.26 Å². The number of ether oxygens (including phenoxy) is 2. The first-order valence-electron chi connectivity index (χ1n) is 10.7. The zero-order valence-electron chi connectivity index (χ0n) is 19.1. The van der Waals surface area contributed by atoms with Crippen LogP contribution in [0.1, 0.15) is 45.9 Å². The van der Waals surface area contributed by atoms with Crippen molar-refractivity contribution >= 4 is 29.7 Å². The summed E-state index contributed by atoms with van der Waals surface area (Å²) in [5.41, 5.74) is 2.94.